The number of H-pyrrole nitrogens is 1. The zero-order chi connectivity index (χ0) is 17.8. The first-order chi connectivity index (χ1) is 12.6. The fraction of sp³-hybridized carbons (Fsp3) is 0.571. The van der Waals surface area contributed by atoms with Gasteiger partial charge in [0.2, 0.25) is 0 Å². The quantitative estimate of drug-likeness (QED) is 0.735. The Morgan fingerprint density at radius 3 is 2.46 bits per heavy atom. The van der Waals surface area contributed by atoms with Crippen LogP contribution in [0.25, 0.3) is 10.9 Å². The van der Waals surface area contributed by atoms with Gasteiger partial charge in [-0.05, 0) is 62.0 Å². The molecule has 0 bridgehead atoms. The predicted octanol–water partition coefficient (Wildman–Crippen LogP) is 2.25. The van der Waals surface area contributed by atoms with Gasteiger partial charge in [-0.2, -0.15) is 0 Å². The second-order valence-electron chi connectivity index (χ2n) is 8.35. The molecule has 2 aliphatic carbocycles. The van der Waals surface area contributed by atoms with Crippen molar-refractivity contribution in [3.63, 3.8) is 0 Å². The summed E-state index contributed by atoms with van der Waals surface area (Å²) < 4.78 is 0. The first kappa shape index (κ1) is 16.3. The molecule has 2 aromatic rings. The van der Waals surface area contributed by atoms with Gasteiger partial charge in [0.1, 0.15) is 0 Å². The lowest BCUT2D eigenvalue weighted by atomic mass is 9.79. The van der Waals surface area contributed by atoms with Crippen LogP contribution in [-0.4, -0.2) is 51.3 Å². The number of aromatic amines is 1. The number of aryl methyl sites for hydroxylation is 2. The zero-order valence-electron chi connectivity index (χ0n) is 14.9. The molecule has 3 N–H and O–H groups in total. The molecule has 0 spiro atoms. The number of para-hydroxylation sites is 1. The molecule has 1 aromatic heterocycles. The molecule has 26 heavy (non-hydrogen) atoms. The molecule has 1 saturated heterocycles. The number of carbonyl (C=O) groups is 1. The second kappa shape index (κ2) is 6.10. The lowest BCUT2D eigenvalue weighted by Crippen LogP contribution is -2.38. The van der Waals surface area contributed by atoms with Gasteiger partial charge in [-0.15, -0.1) is 0 Å². The van der Waals surface area contributed by atoms with Gasteiger partial charge >= 0.3 is 0 Å². The van der Waals surface area contributed by atoms with E-state index in [1.54, 1.807) is 0 Å². The Hall–Kier alpha value is -1.85. The minimum atomic E-state index is -0.648. The number of aromatic nitrogens is 1. The Morgan fingerprint density at radius 2 is 1.73 bits per heavy atom. The highest BCUT2D eigenvalue weighted by molar-refractivity contribution is 6.07. The molecule has 0 unspecified atom stereocenters. The maximum atomic E-state index is 13.3. The maximum absolute atomic E-state index is 13.3. The van der Waals surface area contributed by atoms with E-state index in [1.807, 2.05) is 17.0 Å². The van der Waals surface area contributed by atoms with E-state index < -0.39 is 12.2 Å². The minimum Gasteiger partial charge on any atom is -0.390 e. The Kier molecular flexibility index (Phi) is 3.83. The summed E-state index contributed by atoms with van der Waals surface area (Å²) in [4.78, 5) is 18.7. The van der Waals surface area contributed by atoms with E-state index in [0.29, 0.717) is 37.8 Å². The van der Waals surface area contributed by atoms with Crippen LogP contribution in [0.5, 0.6) is 0 Å². The molecule has 4 atom stereocenters. The number of nitrogens with one attached hydrogen (secondary N) is 1. The number of hydrogen-bond acceptors (Lipinski definition) is 3. The van der Waals surface area contributed by atoms with Gasteiger partial charge in [-0.3, -0.25) is 4.79 Å². The normalized spacial score (nSPS) is 31.1. The van der Waals surface area contributed by atoms with Gasteiger partial charge in [-0.25, -0.2) is 0 Å². The third-order valence-corrected chi connectivity index (χ3v) is 6.76. The summed E-state index contributed by atoms with van der Waals surface area (Å²) in [5.41, 5.74) is 4.44. The average molecular weight is 354 g/mol. The molecule has 1 saturated carbocycles. The molecule has 3 aliphatic rings. The van der Waals surface area contributed by atoms with Crippen molar-refractivity contribution in [1.82, 2.24) is 9.88 Å². The number of benzene rings is 1. The summed E-state index contributed by atoms with van der Waals surface area (Å²) in [6, 6.07) is 6.05. The number of amides is 1. The molecular formula is C21H26N2O3. The van der Waals surface area contributed by atoms with Gasteiger partial charge in [0.05, 0.1) is 23.3 Å². The number of aliphatic hydroxyl groups is 2. The number of likely N-dealkylation sites (tertiary alicyclic amines) is 1. The summed E-state index contributed by atoms with van der Waals surface area (Å²) in [7, 11) is 0. The standard InChI is InChI=1S/C21H26N2O3/c24-18-8-12-10-23(11-13(12)9-19(18)25)21(26)16-6-3-5-15-14-4-1-2-7-17(14)22-20(15)16/h3,5-6,12-13,18-19,22,24-25H,1-2,4,7-11H2/t12-,13+,18-,19-/m0/s1. The van der Waals surface area contributed by atoms with Crippen molar-refractivity contribution in [2.45, 2.75) is 50.7 Å². The summed E-state index contributed by atoms with van der Waals surface area (Å²) in [6.45, 7) is 1.37. The Bertz CT molecular complexity index is 840. The Balaban J connectivity index is 1.45. The SMILES string of the molecule is O=C(c1cccc2c3c([nH]c12)CCCC3)N1C[C@H]2C[C@H](O)[C@@H](O)C[C@H]2C1. The largest absolute Gasteiger partial charge is 0.390 e. The lowest BCUT2D eigenvalue weighted by Gasteiger charge is -2.31. The van der Waals surface area contributed by atoms with Gasteiger partial charge in [0.25, 0.3) is 5.91 Å². The third kappa shape index (κ3) is 2.48. The van der Waals surface area contributed by atoms with Gasteiger partial charge in [0, 0.05) is 24.2 Å². The van der Waals surface area contributed by atoms with Crippen LogP contribution < -0.4 is 0 Å². The highest BCUT2D eigenvalue weighted by atomic mass is 16.3. The van der Waals surface area contributed by atoms with E-state index in [0.717, 1.165) is 23.9 Å². The summed E-state index contributed by atoms with van der Waals surface area (Å²) in [5.74, 6) is 0.675. The monoisotopic (exact) mass is 354 g/mol. The van der Waals surface area contributed by atoms with E-state index in [1.165, 1.54) is 29.5 Å². The van der Waals surface area contributed by atoms with Gasteiger partial charge in [-0.1, -0.05) is 12.1 Å². The maximum Gasteiger partial charge on any atom is 0.256 e. The van der Waals surface area contributed by atoms with Crippen LogP contribution in [0.15, 0.2) is 18.2 Å². The molecule has 1 amide bonds. The first-order valence-electron chi connectivity index (χ1n) is 9.89. The van der Waals surface area contributed by atoms with Crippen LogP contribution in [0.2, 0.25) is 0 Å². The zero-order valence-corrected chi connectivity index (χ0v) is 14.9. The number of aliphatic hydroxyl groups excluding tert-OH is 2. The highest BCUT2D eigenvalue weighted by Crippen LogP contribution is 2.38. The molecule has 2 heterocycles. The molecule has 5 nitrogen and oxygen atoms in total. The summed E-state index contributed by atoms with van der Waals surface area (Å²) in [5, 5.41) is 21.1. The molecule has 5 heteroatoms. The van der Waals surface area contributed by atoms with Crippen LogP contribution in [0.3, 0.4) is 0 Å². The molecule has 1 aliphatic heterocycles. The highest BCUT2D eigenvalue weighted by Gasteiger charge is 2.42. The first-order valence-corrected chi connectivity index (χ1v) is 9.89. The molecule has 2 fully saturated rings. The van der Waals surface area contributed by atoms with Crippen molar-refractivity contribution in [1.29, 1.82) is 0 Å². The third-order valence-electron chi connectivity index (χ3n) is 6.76. The van der Waals surface area contributed by atoms with Crippen LogP contribution in [0.1, 0.15) is 47.3 Å². The average Bonchev–Trinajstić information content (AvgIpc) is 3.22. The van der Waals surface area contributed by atoms with Crippen LogP contribution in [-0.2, 0) is 12.8 Å². The van der Waals surface area contributed by atoms with Gasteiger partial charge < -0.3 is 20.1 Å². The second-order valence-corrected chi connectivity index (χ2v) is 8.35. The number of carbonyl (C=O) groups excluding carboxylic acids is 1. The van der Waals surface area contributed by atoms with E-state index in [4.69, 9.17) is 0 Å². The van der Waals surface area contributed by atoms with Crippen LogP contribution >= 0.6 is 0 Å². The Labute approximate surface area is 153 Å². The van der Waals surface area contributed by atoms with Crippen molar-refractivity contribution >= 4 is 16.8 Å². The Morgan fingerprint density at radius 1 is 1.04 bits per heavy atom. The molecule has 1 aromatic carbocycles. The molecular weight excluding hydrogens is 328 g/mol. The van der Waals surface area contributed by atoms with E-state index in [2.05, 4.69) is 11.1 Å². The topological polar surface area (TPSA) is 76.6 Å². The van der Waals surface area contributed by atoms with Crippen molar-refractivity contribution < 1.29 is 15.0 Å². The molecule has 0 radical (unpaired) electrons. The molecule has 5 rings (SSSR count). The number of rotatable bonds is 1. The smallest absolute Gasteiger partial charge is 0.256 e. The fourth-order valence-corrected chi connectivity index (χ4v) is 5.35. The lowest BCUT2D eigenvalue weighted by molar-refractivity contribution is -0.0372. The number of fused-ring (bicyclic) bond motifs is 4. The molecule has 138 valence electrons. The van der Waals surface area contributed by atoms with Gasteiger partial charge in [0.15, 0.2) is 0 Å². The summed E-state index contributed by atoms with van der Waals surface area (Å²) >= 11 is 0. The van der Waals surface area contributed by atoms with Crippen molar-refractivity contribution in [2.75, 3.05) is 13.1 Å². The fourth-order valence-electron chi connectivity index (χ4n) is 5.35. The number of hydrogen-bond donors (Lipinski definition) is 3. The summed E-state index contributed by atoms with van der Waals surface area (Å²) in [6.07, 6.45) is 4.49. The van der Waals surface area contributed by atoms with Crippen LogP contribution in [0, 0.1) is 11.8 Å². The van der Waals surface area contributed by atoms with E-state index in [9.17, 15) is 15.0 Å². The van der Waals surface area contributed by atoms with Crippen molar-refractivity contribution in [2.24, 2.45) is 11.8 Å². The van der Waals surface area contributed by atoms with Crippen molar-refractivity contribution in [3.8, 4) is 0 Å². The van der Waals surface area contributed by atoms with E-state index >= 15 is 0 Å². The van der Waals surface area contributed by atoms with E-state index in [-0.39, 0.29) is 5.91 Å². The number of nitrogens with zero attached hydrogens (tertiary/aromatic N) is 1. The predicted molar refractivity (Wildman–Crippen MR) is 99.1 cm³/mol. The van der Waals surface area contributed by atoms with Crippen molar-refractivity contribution in [3.05, 3.63) is 35.0 Å². The van der Waals surface area contributed by atoms with Crippen LogP contribution in [0.4, 0.5) is 0 Å². The minimum absolute atomic E-state index is 0.0765.